The van der Waals surface area contributed by atoms with Crippen LogP contribution in [0.15, 0.2) is 5.51 Å². The maximum atomic E-state index is 12.2. The van der Waals surface area contributed by atoms with Crippen molar-refractivity contribution >= 4 is 35.0 Å². The molecule has 2 aliphatic rings. The maximum absolute atomic E-state index is 12.2. The van der Waals surface area contributed by atoms with Crippen LogP contribution in [0.5, 0.6) is 0 Å². The lowest BCUT2D eigenvalue weighted by Crippen LogP contribution is -2.46. The van der Waals surface area contributed by atoms with Crippen LogP contribution in [0.4, 0.5) is 0 Å². The quantitative estimate of drug-likeness (QED) is 0.798. The summed E-state index contributed by atoms with van der Waals surface area (Å²) in [6.45, 7) is 4.17. The summed E-state index contributed by atoms with van der Waals surface area (Å²) in [4.78, 5) is 30.8. The second-order valence-electron chi connectivity index (χ2n) is 5.23. The third kappa shape index (κ3) is 2.22. The first-order valence-corrected chi connectivity index (χ1v) is 8.39. The number of aromatic nitrogens is 1. The van der Waals surface area contributed by atoms with Crippen LogP contribution in [0.2, 0.25) is 0 Å². The largest absolute Gasteiger partial charge is 0.458 e. The Morgan fingerprint density at radius 2 is 2.45 bits per heavy atom. The molecule has 1 aromatic heterocycles. The second kappa shape index (κ2) is 5.04. The predicted octanol–water partition coefficient (Wildman–Crippen LogP) is 1.95. The summed E-state index contributed by atoms with van der Waals surface area (Å²) in [7, 11) is 0. The van der Waals surface area contributed by atoms with Crippen molar-refractivity contribution in [2.75, 3.05) is 5.75 Å². The molecular weight excluding hydrogens is 296 g/mol. The molecule has 0 unspecified atom stereocenters. The van der Waals surface area contributed by atoms with E-state index in [9.17, 15) is 9.59 Å². The van der Waals surface area contributed by atoms with E-state index in [0.29, 0.717) is 12.2 Å². The van der Waals surface area contributed by atoms with Gasteiger partial charge in [-0.3, -0.25) is 4.79 Å². The lowest BCUT2D eigenvalue weighted by molar-refractivity contribution is -0.154. The maximum Gasteiger partial charge on any atom is 0.330 e. The molecule has 0 spiro atoms. The minimum absolute atomic E-state index is 0.0634. The van der Waals surface area contributed by atoms with E-state index in [1.165, 1.54) is 11.3 Å². The van der Waals surface area contributed by atoms with Crippen LogP contribution in [0.1, 0.15) is 30.3 Å². The van der Waals surface area contributed by atoms with Crippen LogP contribution in [0.3, 0.4) is 0 Å². The topological polar surface area (TPSA) is 59.5 Å². The number of thiazole rings is 1. The number of esters is 1. The number of rotatable bonds is 3. The minimum Gasteiger partial charge on any atom is -0.458 e. The number of ether oxygens (including phenoxy) is 1. The zero-order chi connectivity index (χ0) is 14.3. The molecule has 2 fully saturated rings. The molecule has 5 nitrogen and oxygen atoms in total. The third-order valence-electron chi connectivity index (χ3n) is 3.91. The summed E-state index contributed by atoms with van der Waals surface area (Å²) in [5.74, 6) is 0.389. The van der Waals surface area contributed by atoms with E-state index in [2.05, 4.69) is 4.98 Å². The Morgan fingerprint density at radius 1 is 1.65 bits per heavy atom. The number of aryl methyl sites for hydroxylation is 1. The number of hydrogen-bond acceptors (Lipinski definition) is 6. The van der Waals surface area contributed by atoms with E-state index in [1.54, 1.807) is 22.2 Å². The monoisotopic (exact) mass is 312 g/mol. The number of fused-ring (bicyclic) bond motifs is 1. The van der Waals surface area contributed by atoms with Crippen LogP contribution < -0.4 is 0 Å². The highest BCUT2D eigenvalue weighted by Gasteiger charge is 2.53. The molecule has 0 bridgehead atoms. The van der Waals surface area contributed by atoms with Crippen molar-refractivity contribution in [3.63, 3.8) is 0 Å². The van der Waals surface area contributed by atoms with E-state index in [0.717, 1.165) is 17.0 Å². The predicted molar refractivity (Wildman–Crippen MR) is 77.4 cm³/mol. The van der Waals surface area contributed by atoms with E-state index < -0.39 is 6.04 Å². The summed E-state index contributed by atoms with van der Waals surface area (Å²) in [5.41, 5.74) is 2.64. The lowest BCUT2D eigenvalue weighted by atomic mass is 10.2. The lowest BCUT2D eigenvalue weighted by Gasteiger charge is -2.29. The summed E-state index contributed by atoms with van der Waals surface area (Å²) < 4.78 is 5.38. The van der Waals surface area contributed by atoms with E-state index in [-0.39, 0.29) is 23.4 Å². The van der Waals surface area contributed by atoms with Crippen LogP contribution in [-0.4, -0.2) is 38.4 Å². The van der Waals surface area contributed by atoms with Gasteiger partial charge in [0.15, 0.2) is 0 Å². The standard InChI is InChI=1S/C13H16N2O3S2/c1-8-10(19-7-14-8)5-18-12(17)9-6-20-13(2)4-3-11(16)15(9)13/h7,9H,3-6H2,1-2H3/t9-,13+/m1/s1. The van der Waals surface area contributed by atoms with Gasteiger partial charge in [-0.15, -0.1) is 23.1 Å². The van der Waals surface area contributed by atoms with Gasteiger partial charge < -0.3 is 9.64 Å². The average Bonchev–Trinajstić information content (AvgIpc) is 3.04. The highest BCUT2D eigenvalue weighted by molar-refractivity contribution is 8.01. The first kappa shape index (κ1) is 13.9. The molecule has 2 atom stereocenters. The van der Waals surface area contributed by atoms with Crippen molar-refractivity contribution in [2.45, 2.75) is 44.2 Å². The Labute approximate surface area is 125 Å². The van der Waals surface area contributed by atoms with Gasteiger partial charge in [0, 0.05) is 12.2 Å². The van der Waals surface area contributed by atoms with E-state index >= 15 is 0 Å². The van der Waals surface area contributed by atoms with Crippen LogP contribution in [0.25, 0.3) is 0 Å². The van der Waals surface area contributed by atoms with Crippen molar-refractivity contribution in [1.29, 1.82) is 0 Å². The first-order chi connectivity index (χ1) is 9.51. The zero-order valence-corrected chi connectivity index (χ0v) is 13.1. The number of nitrogens with zero attached hydrogens (tertiary/aromatic N) is 2. The molecule has 0 aromatic carbocycles. The van der Waals surface area contributed by atoms with Crippen molar-refractivity contribution < 1.29 is 14.3 Å². The number of carbonyl (C=O) groups excluding carboxylic acids is 2. The van der Waals surface area contributed by atoms with Gasteiger partial charge in [-0.1, -0.05) is 0 Å². The van der Waals surface area contributed by atoms with Crippen LogP contribution in [0, 0.1) is 6.92 Å². The SMILES string of the molecule is Cc1ncsc1COC(=O)[C@H]1CS[C@@]2(C)CCC(=O)N12. The molecule has 20 heavy (non-hydrogen) atoms. The first-order valence-electron chi connectivity index (χ1n) is 6.53. The van der Waals surface area contributed by atoms with E-state index in [4.69, 9.17) is 4.74 Å². The fourth-order valence-electron chi connectivity index (χ4n) is 2.69. The summed E-state index contributed by atoms with van der Waals surface area (Å²) in [6.07, 6.45) is 1.34. The van der Waals surface area contributed by atoms with Gasteiger partial charge in [0.05, 0.1) is 21.0 Å². The minimum atomic E-state index is -0.437. The highest BCUT2D eigenvalue weighted by Crippen LogP contribution is 2.47. The molecule has 1 aromatic rings. The van der Waals surface area contributed by atoms with Crippen molar-refractivity contribution in [3.05, 3.63) is 16.1 Å². The zero-order valence-electron chi connectivity index (χ0n) is 11.4. The fourth-order valence-corrected chi connectivity index (χ4v) is 4.80. The third-order valence-corrected chi connectivity index (χ3v) is 6.32. The van der Waals surface area contributed by atoms with Gasteiger partial charge in [-0.25, -0.2) is 9.78 Å². The molecule has 2 aliphatic heterocycles. The van der Waals surface area contributed by atoms with Crippen molar-refractivity contribution in [2.24, 2.45) is 0 Å². The normalized spacial score (nSPS) is 28.8. The van der Waals surface area contributed by atoms with Gasteiger partial charge in [-0.05, 0) is 20.3 Å². The average molecular weight is 312 g/mol. The molecule has 0 aliphatic carbocycles. The van der Waals surface area contributed by atoms with E-state index in [1.807, 2.05) is 13.8 Å². The fraction of sp³-hybridized carbons (Fsp3) is 0.615. The van der Waals surface area contributed by atoms with Gasteiger partial charge in [0.25, 0.3) is 0 Å². The Morgan fingerprint density at radius 3 is 3.15 bits per heavy atom. The van der Waals surface area contributed by atoms with Gasteiger partial charge in [0.2, 0.25) is 5.91 Å². The molecule has 0 radical (unpaired) electrons. The number of thioether (sulfide) groups is 1. The Hall–Kier alpha value is -1.08. The molecule has 108 valence electrons. The Kier molecular flexibility index (Phi) is 3.50. The smallest absolute Gasteiger partial charge is 0.330 e. The number of carbonyl (C=O) groups is 2. The molecule has 0 saturated carbocycles. The molecular formula is C13H16N2O3S2. The highest BCUT2D eigenvalue weighted by atomic mass is 32.2. The molecule has 7 heteroatoms. The second-order valence-corrected chi connectivity index (χ2v) is 7.68. The van der Waals surface area contributed by atoms with Crippen LogP contribution in [-0.2, 0) is 20.9 Å². The van der Waals surface area contributed by atoms with Crippen LogP contribution >= 0.6 is 23.1 Å². The van der Waals surface area contributed by atoms with Gasteiger partial charge in [0.1, 0.15) is 12.6 Å². The van der Waals surface area contributed by atoms with Crippen molar-refractivity contribution in [1.82, 2.24) is 9.88 Å². The molecule has 2 saturated heterocycles. The summed E-state index contributed by atoms with van der Waals surface area (Å²) >= 11 is 3.16. The molecule has 0 N–H and O–H groups in total. The molecule has 3 rings (SSSR count). The van der Waals surface area contributed by atoms with Gasteiger partial charge in [-0.2, -0.15) is 0 Å². The summed E-state index contributed by atoms with van der Waals surface area (Å²) in [6, 6.07) is -0.437. The molecule has 3 heterocycles. The number of hydrogen-bond donors (Lipinski definition) is 0. The Bertz CT molecular complexity index is 560. The Balaban J connectivity index is 1.66. The molecule has 1 amide bonds. The summed E-state index contributed by atoms with van der Waals surface area (Å²) in [5, 5.41) is 0. The van der Waals surface area contributed by atoms with Crippen molar-refractivity contribution in [3.8, 4) is 0 Å². The van der Waals surface area contributed by atoms with Gasteiger partial charge >= 0.3 is 5.97 Å². The number of amides is 1.